The summed E-state index contributed by atoms with van der Waals surface area (Å²) in [6.45, 7) is 12.2. The van der Waals surface area contributed by atoms with Crippen molar-refractivity contribution >= 4 is 5.69 Å². The SMILES string of the molecule is CC.COC1=CC=C(COC[C@H]2CNCCN2c2ccc(OCCCOCc3ccc(C)cc3)cc2)CC=C1. The lowest BCUT2D eigenvalue weighted by Crippen LogP contribution is -2.53. The molecule has 6 heteroatoms. The first-order chi connectivity index (χ1) is 19.2. The molecule has 39 heavy (non-hydrogen) atoms. The third-order valence-corrected chi connectivity index (χ3v) is 6.59. The molecule has 2 aromatic carbocycles. The molecule has 0 spiro atoms. The van der Waals surface area contributed by atoms with E-state index in [4.69, 9.17) is 18.9 Å². The van der Waals surface area contributed by atoms with Gasteiger partial charge in [0.1, 0.15) is 11.5 Å². The van der Waals surface area contributed by atoms with Crippen molar-refractivity contribution in [3.63, 3.8) is 0 Å². The lowest BCUT2D eigenvalue weighted by Gasteiger charge is -2.38. The van der Waals surface area contributed by atoms with E-state index in [0.29, 0.717) is 33.0 Å². The summed E-state index contributed by atoms with van der Waals surface area (Å²) in [6, 6.07) is 17.2. The van der Waals surface area contributed by atoms with E-state index in [-0.39, 0.29) is 6.04 Å². The van der Waals surface area contributed by atoms with Gasteiger partial charge in [-0.2, -0.15) is 0 Å². The topological polar surface area (TPSA) is 52.2 Å². The van der Waals surface area contributed by atoms with Crippen molar-refractivity contribution in [3.8, 4) is 5.75 Å². The Morgan fingerprint density at radius 2 is 1.72 bits per heavy atom. The Morgan fingerprint density at radius 1 is 0.923 bits per heavy atom. The summed E-state index contributed by atoms with van der Waals surface area (Å²) in [7, 11) is 1.69. The van der Waals surface area contributed by atoms with Crippen LogP contribution in [0, 0.1) is 6.92 Å². The molecule has 0 saturated carbocycles. The smallest absolute Gasteiger partial charge is 0.119 e. The number of nitrogens with zero attached hydrogens (tertiary/aromatic N) is 1. The largest absolute Gasteiger partial charge is 0.497 e. The maximum atomic E-state index is 6.14. The van der Waals surface area contributed by atoms with E-state index in [9.17, 15) is 0 Å². The van der Waals surface area contributed by atoms with Crippen LogP contribution in [0.25, 0.3) is 0 Å². The van der Waals surface area contributed by atoms with E-state index >= 15 is 0 Å². The Labute approximate surface area is 235 Å². The number of hydrogen-bond acceptors (Lipinski definition) is 6. The molecule has 0 radical (unpaired) electrons. The highest BCUT2D eigenvalue weighted by atomic mass is 16.5. The van der Waals surface area contributed by atoms with Gasteiger partial charge in [0, 0.05) is 31.7 Å². The fourth-order valence-electron chi connectivity index (χ4n) is 4.43. The monoisotopic (exact) mass is 534 g/mol. The van der Waals surface area contributed by atoms with Crippen molar-refractivity contribution in [3.05, 3.63) is 95.3 Å². The highest BCUT2D eigenvalue weighted by molar-refractivity contribution is 5.50. The van der Waals surface area contributed by atoms with Gasteiger partial charge in [-0.3, -0.25) is 0 Å². The Morgan fingerprint density at radius 3 is 2.49 bits per heavy atom. The van der Waals surface area contributed by atoms with E-state index in [1.54, 1.807) is 7.11 Å². The highest BCUT2D eigenvalue weighted by Gasteiger charge is 2.23. The molecule has 1 N–H and O–H groups in total. The normalized spacial score (nSPS) is 16.9. The maximum Gasteiger partial charge on any atom is 0.119 e. The third-order valence-electron chi connectivity index (χ3n) is 6.59. The van der Waals surface area contributed by atoms with Gasteiger partial charge in [0.05, 0.1) is 46.2 Å². The van der Waals surface area contributed by atoms with Crippen LogP contribution in [0.4, 0.5) is 5.69 Å². The van der Waals surface area contributed by atoms with Crippen LogP contribution in [-0.4, -0.2) is 59.2 Å². The van der Waals surface area contributed by atoms with Gasteiger partial charge in [0.25, 0.3) is 0 Å². The van der Waals surface area contributed by atoms with Gasteiger partial charge in [-0.25, -0.2) is 0 Å². The summed E-state index contributed by atoms with van der Waals surface area (Å²) in [5.74, 6) is 1.76. The molecule has 2 aromatic rings. The van der Waals surface area contributed by atoms with Gasteiger partial charge in [-0.1, -0.05) is 55.8 Å². The molecule has 2 aliphatic rings. The zero-order valence-electron chi connectivity index (χ0n) is 24.2. The molecule has 6 nitrogen and oxygen atoms in total. The third kappa shape index (κ3) is 10.6. The van der Waals surface area contributed by atoms with E-state index in [1.807, 2.05) is 26.0 Å². The van der Waals surface area contributed by atoms with Crippen LogP contribution in [0.3, 0.4) is 0 Å². The Hall–Kier alpha value is -3.06. The molecule has 0 unspecified atom stereocenters. The van der Waals surface area contributed by atoms with Crippen LogP contribution in [0.15, 0.2) is 84.2 Å². The average molecular weight is 535 g/mol. The number of ether oxygens (including phenoxy) is 4. The lowest BCUT2D eigenvalue weighted by molar-refractivity contribution is 0.107. The molecule has 1 atom stereocenters. The van der Waals surface area contributed by atoms with Gasteiger partial charge < -0.3 is 29.2 Å². The molecule has 0 bridgehead atoms. The van der Waals surface area contributed by atoms with Gasteiger partial charge in [0.2, 0.25) is 0 Å². The first-order valence-electron chi connectivity index (χ1n) is 14.2. The van der Waals surface area contributed by atoms with Crippen LogP contribution in [0.2, 0.25) is 0 Å². The standard InChI is InChI=1S/C31H40N2O4.C2H6/c1-25-7-9-27(10-8-25)22-35-19-4-20-37-31-15-12-28(13-16-31)33-18-17-32-21-29(33)24-36-23-26-5-3-6-30(34-2)14-11-26;1-2/h3,6-16,29,32H,4-5,17-24H2,1-2H3;1-2H3/t29-;/m1./s1. The minimum absolute atomic E-state index is 0.290. The Bertz CT molecular complexity index is 1040. The number of piperazine rings is 1. The van der Waals surface area contributed by atoms with Gasteiger partial charge in [-0.05, 0) is 60.9 Å². The van der Waals surface area contributed by atoms with E-state index in [0.717, 1.165) is 44.0 Å². The number of anilines is 1. The number of aryl methyl sites for hydroxylation is 1. The molecule has 4 rings (SSSR count). The van der Waals surface area contributed by atoms with Crippen molar-refractivity contribution in [2.24, 2.45) is 0 Å². The van der Waals surface area contributed by atoms with Crippen LogP contribution < -0.4 is 15.0 Å². The van der Waals surface area contributed by atoms with Gasteiger partial charge in [0.15, 0.2) is 0 Å². The first-order valence-corrected chi connectivity index (χ1v) is 14.2. The minimum Gasteiger partial charge on any atom is -0.497 e. The number of benzene rings is 2. The number of hydrogen-bond donors (Lipinski definition) is 1. The second kappa shape index (κ2) is 17.5. The number of nitrogens with one attached hydrogen (secondary N) is 1. The summed E-state index contributed by atoms with van der Waals surface area (Å²) < 4.78 is 23.2. The number of methoxy groups -OCH3 is 1. The summed E-state index contributed by atoms with van der Waals surface area (Å²) in [6.07, 6.45) is 9.97. The Kier molecular flexibility index (Phi) is 13.7. The molecule has 1 fully saturated rings. The maximum absolute atomic E-state index is 6.14. The molecule has 1 aliphatic carbocycles. The minimum atomic E-state index is 0.290. The van der Waals surface area contributed by atoms with Crippen molar-refractivity contribution < 1.29 is 18.9 Å². The molecular formula is C33H46N2O4. The van der Waals surface area contributed by atoms with Gasteiger partial charge in [-0.15, -0.1) is 0 Å². The molecular weight excluding hydrogens is 488 g/mol. The molecule has 1 heterocycles. The van der Waals surface area contributed by atoms with E-state index in [2.05, 4.69) is 77.8 Å². The second-order valence-corrected chi connectivity index (χ2v) is 9.51. The second-order valence-electron chi connectivity index (χ2n) is 9.51. The van der Waals surface area contributed by atoms with Crippen LogP contribution in [-0.2, 0) is 20.8 Å². The fraction of sp³-hybridized carbons (Fsp3) is 0.455. The van der Waals surface area contributed by atoms with Crippen LogP contribution in [0.1, 0.15) is 37.8 Å². The van der Waals surface area contributed by atoms with Crippen molar-refractivity contribution in [1.29, 1.82) is 0 Å². The van der Waals surface area contributed by atoms with E-state index < -0.39 is 0 Å². The van der Waals surface area contributed by atoms with Gasteiger partial charge >= 0.3 is 0 Å². The average Bonchev–Trinajstić information content (AvgIpc) is 3.23. The first kappa shape index (κ1) is 30.5. The Balaban J connectivity index is 0.00000205. The van der Waals surface area contributed by atoms with Crippen LogP contribution in [0.5, 0.6) is 5.75 Å². The summed E-state index contributed by atoms with van der Waals surface area (Å²) in [4.78, 5) is 2.43. The molecule has 1 saturated heterocycles. The van der Waals surface area contributed by atoms with Crippen LogP contribution >= 0.6 is 0 Å². The lowest BCUT2D eigenvalue weighted by atomic mass is 10.1. The van der Waals surface area contributed by atoms with Crippen molar-refractivity contribution in [2.75, 3.05) is 58.1 Å². The summed E-state index contributed by atoms with van der Waals surface area (Å²) >= 11 is 0. The van der Waals surface area contributed by atoms with E-state index in [1.165, 1.54) is 22.4 Å². The zero-order valence-corrected chi connectivity index (χ0v) is 24.2. The van der Waals surface area contributed by atoms with Crippen molar-refractivity contribution in [1.82, 2.24) is 5.32 Å². The molecule has 1 aliphatic heterocycles. The molecule has 212 valence electrons. The summed E-state index contributed by atoms with van der Waals surface area (Å²) in [5.41, 5.74) is 4.92. The predicted octanol–water partition coefficient (Wildman–Crippen LogP) is 6.22. The predicted molar refractivity (Wildman–Crippen MR) is 160 cm³/mol. The zero-order chi connectivity index (χ0) is 27.7. The molecule has 0 amide bonds. The highest BCUT2D eigenvalue weighted by Crippen LogP contribution is 2.23. The number of allylic oxidation sites excluding steroid dienone is 4. The quantitative estimate of drug-likeness (QED) is 0.308. The fourth-order valence-corrected chi connectivity index (χ4v) is 4.43. The summed E-state index contributed by atoms with van der Waals surface area (Å²) in [5, 5.41) is 3.51. The van der Waals surface area contributed by atoms with Crippen molar-refractivity contribution in [2.45, 2.75) is 46.3 Å². The molecule has 0 aromatic heterocycles. The number of rotatable bonds is 13.